The largest absolute Gasteiger partial charge is 0.496 e. The predicted molar refractivity (Wildman–Crippen MR) is 198 cm³/mol. The van der Waals surface area contributed by atoms with Gasteiger partial charge in [0.05, 0.1) is 12.6 Å². The lowest BCUT2D eigenvalue weighted by Gasteiger charge is -2.25. The van der Waals surface area contributed by atoms with Gasteiger partial charge >= 0.3 is 24.2 Å². The molecule has 5 rings (SSSR count). The van der Waals surface area contributed by atoms with Crippen LogP contribution in [-0.4, -0.2) is 88.2 Å². The molecule has 2 heterocycles. The number of fused-ring (bicyclic) bond motifs is 2. The Balaban J connectivity index is 1.49. The average Bonchev–Trinajstić information content (AvgIpc) is 3.32. The van der Waals surface area contributed by atoms with E-state index in [1.165, 1.54) is 22.1 Å². The summed E-state index contributed by atoms with van der Waals surface area (Å²) in [6, 6.07) is 18.3. The minimum absolute atomic E-state index is 0.0900. The van der Waals surface area contributed by atoms with Crippen molar-refractivity contribution >= 4 is 58.2 Å². The van der Waals surface area contributed by atoms with Gasteiger partial charge in [-0.2, -0.15) is 4.79 Å². The van der Waals surface area contributed by atoms with E-state index in [2.05, 4.69) is 27.3 Å². The van der Waals surface area contributed by atoms with Crippen LogP contribution in [0.5, 0.6) is 5.75 Å². The van der Waals surface area contributed by atoms with E-state index < -0.39 is 29.3 Å². The van der Waals surface area contributed by atoms with Crippen molar-refractivity contribution in [1.29, 1.82) is 0 Å². The zero-order chi connectivity index (χ0) is 37.8. The van der Waals surface area contributed by atoms with Crippen LogP contribution < -0.4 is 15.0 Å². The van der Waals surface area contributed by atoms with E-state index in [1.54, 1.807) is 85.0 Å². The number of benzene rings is 3. The number of anilines is 3. The SMILES string of the molecule is COc1cc(N2CCCCc3ccccc32)ccc1C(=O)[N+](=C=O)c1cccc2c1nc(NCCN(C)C(=O)OC(C)(C)C)n2C(=O)OC(C)(C)C. The van der Waals surface area contributed by atoms with E-state index in [9.17, 15) is 19.2 Å². The van der Waals surface area contributed by atoms with Crippen LogP contribution in [0.2, 0.25) is 0 Å². The molecule has 13 heteroatoms. The lowest BCUT2D eigenvalue weighted by atomic mass is 10.1. The van der Waals surface area contributed by atoms with Crippen molar-refractivity contribution in [3.05, 3.63) is 71.8 Å². The molecule has 0 saturated carbocycles. The van der Waals surface area contributed by atoms with Crippen LogP contribution in [0, 0.1) is 0 Å². The molecule has 0 atom stereocenters. The van der Waals surface area contributed by atoms with E-state index in [4.69, 9.17) is 14.2 Å². The second-order valence-electron chi connectivity index (χ2n) is 14.6. The first kappa shape index (κ1) is 37.6. The predicted octanol–water partition coefficient (Wildman–Crippen LogP) is 7.40. The van der Waals surface area contributed by atoms with Crippen molar-refractivity contribution in [1.82, 2.24) is 14.5 Å². The summed E-state index contributed by atoms with van der Waals surface area (Å²) >= 11 is 0. The van der Waals surface area contributed by atoms with Gasteiger partial charge in [0, 0.05) is 50.2 Å². The molecule has 1 aliphatic heterocycles. The monoisotopic (exact) mass is 711 g/mol. The van der Waals surface area contributed by atoms with Crippen LogP contribution in [-0.2, 0) is 20.7 Å². The number of amides is 2. The lowest BCUT2D eigenvalue weighted by molar-refractivity contribution is -0.330. The fraction of sp³-hybridized carbons (Fsp3) is 0.410. The van der Waals surface area contributed by atoms with E-state index in [1.807, 2.05) is 18.2 Å². The van der Waals surface area contributed by atoms with Crippen molar-refractivity contribution in [3.63, 3.8) is 0 Å². The number of aryl methyl sites for hydroxylation is 1. The molecule has 0 saturated heterocycles. The van der Waals surface area contributed by atoms with Crippen LogP contribution in [0.15, 0.2) is 60.7 Å². The van der Waals surface area contributed by atoms with Crippen LogP contribution in [0.4, 0.5) is 32.6 Å². The minimum atomic E-state index is -0.837. The molecule has 0 spiro atoms. The molecule has 3 aromatic carbocycles. The molecule has 0 unspecified atom stereocenters. The number of carbonyl (C=O) groups is 3. The summed E-state index contributed by atoms with van der Waals surface area (Å²) in [6.45, 7) is 11.8. The first-order valence-electron chi connectivity index (χ1n) is 17.3. The normalized spacial score (nSPS) is 13.0. The highest BCUT2D eigenvalue weighted by Gasteiger charge is 2.33. The highest BCUT2D eigenvalue weighted by molar-refractivity contribution is 5.99. The number of nitrogens with zero attached hydrogens (tertiary/aromatic N) is 5. The molecule has 274 valence electrons. The van der Waals surface area contributed by atoms with Crippen molar-refractivity contribution in [2.75, 3.05) is 44.0 Å². The molecule has 1 aliphatic rings. The highest BCUT2D eigenvalue weighted by Crippen LogP contribution is 2.36. The van der Waals surface area contributed by atoms with Crippen molar-refractivity contribution in [3.8, 4) is 5.75 Å². The van der Waals surface area contributed by atoms with Gasteiger partial charge < -0.3 is 29.3 Å². The molecular formula is C39H47N6O7+. The second-order valence-corrected chi connectivity index (χ2v) is 14.6. The number of aromatic nitrogens is 2. The Hall–Kier alpha value is -5.68. The Morgan fingerprint density at radius 1 is 0.962 bits per heavy atom. The summed E-state index contributed by atoms with van der Waals surface area (Å²) in [5.41, 5.74) is 2.41. The maximum atomic E-state index is 14.1. The van der Waals surface area contributed by atoms with Gasteiger partial charge in [0.2, 0.25) is 5.95 Å². The van der Waals surface area contributed by atoms with Crippen LogP contribution in [0.25, 0.3) is 11.0 Å². The molecule has 2 amide bonds. The standard InChI is InChI=1S/C39H47N6O7/c1-38(2,3)51-36(48)42(7)23-21-40-35-41-33-30(17-13-18-31(33)45(35)37(49)52-39(4,5)6)44(25-46)34(47)28-20-19-27(24-32(28)50-8)43-22-12-11-15-26-14-9-10-16-29(26)43/h9-10,13-14,16-20,24H,11-12,15,21-23H2,1-8H3,(H,40,41)/q+1. The van der Waals surface area contributed by atoms with Crippen LogP contribution in [0.1, 0.15) is 70.3 Å². The quantitative estimate of drug-likeness (QED) is 0.112. The van der Waals surface area contributed by atoms with Gasteiger partial charge in [0.15, 0.2) is 5.52 Å². The third-order valence-corrected chi connectivity index (χ3v) is 8.30. The number of ether oxygens (including phenoxy) is 3. The number of methoxy groups -OCH3 is 1. The van der Waals surface area contributed by atoms with Gasteiger partial charge in [-0.05, 0) is 95.2 Å². The summed E-state index contributed by atoms with van der Waals surface area (Å²) in [5, 5.41) is 3.11. The smallest absolute Gasteiger partial charge is 0.440 e. The molecule has 4 aromatic rings. The van der Waals surface area contributed by atoms with E-state index in [-0.39, 0.29) is 47.1 Å². The van der Waals surface area contributed by atoms with Gasteiger partial charge in [-0.25, -0.2) is 23.9 Å². The number of hydrogen-bond acceptors (Lipinski definition) is 10. The number of imidazole rings is 1. The zero-order valence-electron chi connectivity index (χ0n) is 31.1. The number of hydrogen-bond donors (Lipinski definition) is 1. The minimum Gasteiger partial charge on any atom is -0.496 e. The average molecular weight is 712 g/mol. The summed E-state index contributed by atoms with van der Waals surface area (Å²) in [5.74, 6) is -0.317. The Morgan fingerprint density at radius 3 is 2.38 bits per heavy atom. The topological polar surface area (TPSA) is 135 Å². The molecule has 1 aromatic heterocycles. The van der Waals surface area contributed by atoms with Crippen LogP contribution in [0.3, 0.4) is 0 Å². The highest BCUT2D eigenvalue weighted by atomic mass is 16.6. The molecule has 1 N–H and O–H groups in total. The molecular weight excluding hydrogens is 664 g/mol. The zero-order valence-corrected chi connectivity index (χ0v) is 31.1. The summed E-state index contributed by atoms with van der Waals surface area (Å²) in [6.07, 6.45) is 3.59. The molecule has 0 radical (unpaired) electrons. The van der Waals surface area contributed by atoms with Gasteiger partial charge in [-0.3, -0.25) is 0 Å². The molecule has 13 nitrogen and oxygen atoms in total. The van der Waals surface area contributed by atoms with Gasteiger partial charge in [-0.15, -0.1) is 0 Å². The number of nitrogens with one attached hydrogen (secondary N) is 1. The summed E-state index contributed by atoms with van der Waals surface area (Å²) < 4.78 is 18.9. The van der Waals surface area contributed by atoms with Crippen molar-refractivity contribution < 1.29 is 38.0 Å². The number of isocyanates is 1. The van der Waals surface area contributed by atoms with Crippen LogP contribution >= 0.6 is 0 Å². The fourth-order valence-corrected chi connectivity index (χ4v) is 5.95. The first-order chi connectivity index (χ1) is 24.6. The molecule has 52 heavy (non-hydrogen) atoms. The number of likely N-dealkylation sites (N-methyl/N-ethyl adjacent to an activating group) is 1. The Morgan fingerprint density at radius 2 is 1.69 bits per heavy atom. The van der Waals surface area contributed by atoms with Crippen molar-refractivity contribution in [2.24, 2.45) is 0 Å². The van der Waals surface area contributed by atoms with Gasteiger partial charge in [-0.1, -0.05) is 24.3 Å². The Kier molecular flexibility index (Phi) is 11.0. The number of carbonyl (C=O) groups excluding carboxylic acids is 4. The Labute approximate surface area is 303 Å². The maximum absolute atomic E-state index is 14.1. The third kappa shape index (κ3) is 8.43. The summed E-state index contributed by atoms with van der Waals surface area (Å²) in [7, 11) is 3.07. The van der Waals surface area contributed by atoms with Gasteiger partial charge in [0.25, 0.3) is 5.69 Å². The van der Waals surface area contributed by atoms with Crippen molar-refractivity contribution in [2.45, 2.75) is 72.0 Å². The second kappa shape index (κ2) is 15.3. The Bertz CT molecular complexity index is 2030. The third-order valence-electron chi connectivity index (χ3n) is 8.30. The summed E-state index contributed by atoms with van der Waals surface area (Å²) in [4.78, 5) is 61.1. The number of para-hydroxylation sites is 2. The molecule has 0 bridgehead atoms. The van der Waals surface area contributed by atoms with E-state index in [0.29, 0.717) is 0 Å². The van der Waals surface area contributed by atoms with E-state index >= 15 is 0 Å². The van der Waals surface area contributed by atoms with E-state index in [0.717, 1.165) is 41.8 Å². The number of rotatable bonds is 8. The molecule has 0 aliphatic carbocycles. The van der Waals surface area contributed by atoms with Gasteiger partial charge in [0.1, 0.15) is 22.5 Å². The first-order valence-corrected chi connectivity index (χ1v) is 17.3. The molecule has 0 fully saturated rings. The maximum Gasteiger partial charge on any atom is 0.440 e. The lowest BCUT2D eigenvalue weighted by Crippen LogP contribution is -2.37. The fourth-order valence-electron chi connectivity index (χ4n) is 5.95.